The molecule has 0 unspecified atom stereocenters. The first kappa shape index (κ1) is 22.6. The topological polar surface area (TPSA) is 37.3 Å². The first-order chi connectivity index (χ1) is 10.2. The third-order valence-electron chi connectivity index (χ3n) is 2.97. The summed E-state index contributed by atoms with van der Waals surface area (Å²) in [5.74, 6) is -18.1. The molecule has 1 N–H and O–H groups in total. The Morgan fingerprint density at radius 1 is 0.625 bits per heavy atom. The predicted octanol–water partition coefficient (Wildman–Crippen LogP) is 4.80. The Labute approximate surface area is 123 Å². The summed E-state index contributed by atoms with van der Waals surface area (Å²) >= 11 is 0. The SMILES string of the molecule is O=C(O)CCC(C(F)(F)F)(C(F)(F)F)C(F)(F)C(F)(F)C(F)(F)F. The molecule has 0 saturated heterocycles. The Bertz CT molecular complexity index is 455. The minimum atomic E-state index is -7.77. The van der Waals surface area contributed by atoms with E-state index < -0.39 is 54.6 Å². The summed E-state index contributed by atoms with van der Waals surface area (Å²) in [6.07, 6.45) is -27.9. The predicted molar refractivity (Wildman–Crippen MR) is 47.4 cm³/mol. The number of hydrogen-bond acceptors (Lipinski definition) is 1. The highest BCUT2D eigenvalue weighted by Gasteiger charge is 2.91. The molecule has 0 aromatic carbocycles. The molecule has 0 rings (SSSR count). The molecule has 0 radical (unpaired) electrons. The van der Waals surface area contributed by atoms with E-state index in [0.717, 1.165) is 0 Å². The molecule has 0 saturated carbocycles. The first-order valence-electron chi connectivity index (χ1n) is 5.34. The fourth-order valence-corrected chi connectivity index (χ4v) is 1.70. The zero-order chi connectivity index (χ0) is 20.0. The van der Waals surface area contributed by atoms with E-state index in [9.17, 15) is 61.9 Å². The molecule has 2 nitrogen and oxygen atoms in total. The average molecular weight is 392 g/mol. The molecule has 0 amide bonds. The summed E-state index contributed by atoms with van der Waals surface area (Å²) in [6.45, 7) is 0. The van der Waals surface area contributed by atoms with Crippen LogP contribution in [0.25, 0.3) is 0 Å². The molecule has 0 aliphatic carbocycles. The van der Waals surface area contributed by atoms with Crippen LogP contribution in [0.3, 0.4) is 0 Å². The number of alkyl halides is 13. The van der Waals surface area contributed by atoms with E-state index >= 15 is 0 Å². The van der Waals surface area contributed by atoms with E-state index in [-0.39, 0.29) is 0 Å². The van der Waals surface area contributed by atoms with Gasteiger partial charge in [-0.3, -0.25) is 4.79 Å². The van der Waals surface area contributed by atoms with E-state index in [0.29, 0.717) is 0 Å². The number of rotatable bonds is 5. The number of aliphatic carboxylic acids is 1. The summed E-state index contributed by atoms with van der Waals surface area (Å²) < 4.78 is 164. The van der Waals surface area contributed by atoms with Crippen molar-refractivity contribution in [2.24, 2.45) is 5.41 Å². The van der Waals surface area contributed by atoms with Gasteiger partial charge in [-0.25, -0.2) is 0 Å². The van der Waals surface area contributed by atoms with Crippen LogP contribution in [0, 0.1) is 5.41 Å². The van der Waals surface area contributed by atoms with Gasteiger partial charge in [0.2, 0.25) is 5.41 Å². The number of carboxylic acid groups (broad SMARTS) is 1. The zero-order valence-electron chi connectivity index (χ0n) is 10.7. The monoisotopic (exact) mass is 392 g/mol. The molecule has 0 fully saturated rings. The fourth-order valence-electron chi connectivity index (χ4n) is 1.70. The average Bonchev–Trinajstić information content (AvgIpc) is 2.22. The Morgan fingerprint density at radius 2 is 0.958 bits per heavy atom. The Balaban J connectivity index is 6.76. The van der Waals surface area contributed by atoms with Crippen molar-refractivity contribution in [1.82, 2.24) is 0 Å². The molecule has 0 aromatic heterocycles. The molecule has 0 aliphatic heterocycles. The Morgan fingerprint density at radius 3 is 1.17 bits per heavy atom. The second-order valence-corrected chi connectivity index (χ2v) is 4.44. The van der Waals surface area contributed by atoms with Gasteiger partial charge in [-0.1, -0.05) is 0 Å². The molecular formula is C9H5F13O2. The van der Waals surface area contributed by atoms with Crippen molar-refractivity contribution >= 4 is 5.97 Å². The van der Waals surface area contributed by atoms with Crippen LogP contribution in [0.15, 0.2) is 0 Å². The van der Waals surface area contributed by atoms with Crippen molar-refractivity contribution in [2.45, 2.75) is 43.2 Å². The molecule has 0 spiro atoms. The molecule has 0 aliphatic rings. The third-order valence-corrected chi connectivity index (χ3v) is 2.97. The summed E-state index contributed by atoms with van der Waals surface area (Å²) in [5.41, 5.74) is -6.94. The minimum Gasteiger partial charge on any atom is -0.481 e. The Kier molecular flexibility index (Phi) is 5.47. The largest absolute Gasteiger partial charge is 0.481 e. The highest BCUT2D eigenvalue weighted by atomic mass is 19.4. The molecule has 0 atom stereocenters. The van der Waals surface area contributed by atoms with Crippen molar-refractivity contribution in [3.05, 3.63) is 0 Å². The van der Waals surface area contributed by atoms with Crippen LogP contribution in [0.5, 0.6) is 0 Å². The lowest BCUT2D eigenvalue weighted by Crippen LogP contribution is -2.70. The van der Waals surface area contributed by atoms with Crippen molar-refractivity contribution in [2.75, 3.05) is 0 Å². The summed E-state index contributed by atoms with van der Waals surface area (Å²) in [6, 6.07) is 0. The van der Waals surface area contributed by atoms with Crippen LogP contribution >= 0.6 is 0 Å². The van der Waals surface area contributed by atoms with Crippen molar-refractivity contribution in [3.63, 3.8) is 0 Å². The van der Waals surface area contributed by atoms with E-state index in [2.05, 4.69) is 0 Å². The second kappa shape index (κ2) is 5.82. The van der Waals surface area contributed by atoms with Gasteiger partial charge in [-0.15, -0.1) is 0 Å². The first-order valence-corrected chi connectivity index (χ1v) is 5.34. The van der Waals surface area contributed by atoms with Crippen LogP contribution in [-0.2, 0) is 4.79 Å². The van der Waals surface area contributed by atoms with Gasteiger partial charge in [0.15, 0.2) is 0 Å². The Hall–Kier alpha value is -1.44. The maximum atomic E-state index is 13.4. The number of carbonyl (C=O) groups is 1. The number of hydrogen-bond donors (Lipinski definition) is 1. The lowest BCUT2D eigenvalue weighted by molar-refractivity contribution is -0.461. The highest BCUT2D eigenvalue weighted by Crippen LogP contribution is 2.67. The maximum Gasteiger partial charge on any atom is 0.459 e. The van der Waals surface area contributed by atoms with Gasteiger partial charge in [0, 0.05) is 6.42 Å². The van der Waals surface area contributed by atoms with E-state index in [4.69, 9.17) is 5.11 Å². The van der Waals surface area contributed by atoms with Crippen LogP contribution in [0.2, 0.25) is 0 Å². The lowest BCUT2D eigenvalue weighted by atomic mass is 9.72. The molecule has 15 heteroatoms. The van der Waals surface area contributed by atoms with Gasteiger partial charge in [-0.05, 0) is 6.42 Å². The van der Waals surface area contributed by atoms with Crippen LogP contribution < -0.4 is 0 Å². The smallest absolute Gasteiger partial charge is 0.459 e. The van der Waals surface area contributed by atoms with E-state index in [1.165, 1.54) is 0 Å². The van der Waals surface area contributed by atoms with Gasteiger partial charge >= 0.3 is 36.3 Å². The summed E-state index contributed by atoms with van der Waals surface area (Å²) in [5, 5.41) is 8.05. The molecule has 144 valence electrons. The van der Waals surface area contributed by atoms with Gasteiger partial charge in [0.1, 0.15) is 0 Å². The maximum absolute atomic E-state index is 13.4. The molecule has 0 aromatic rings. The second-order valence-electron chi connectivity index (χ2n) is 4.44. The summed E-state index contributed by atoms with van der Waals surface area (Å²) in [7, 11) is 0. The normalized spacial score (nSPS) is 15.5. The summed E-state index contributed by atoms with van der Waals surface area (Å²) in [4.78, 5) is 10.1. The molecular weight excluding hydrogens is 387 g/mol. The van der Waals surface area contributed by atoms with E-state index in [1.807, 2.05) is 0 Å². The van der Waals surface area contributed by atoms with Gasteiger partial charge < -0.3 is 5.11 Å². The van der Waals surface area contributed by atoms with E-state index in [1.54, 1.807) is 0 Å². The number of halogens is 13. The zero-order valence-corrected chi connectivity index (χ0v) is 10.7. The van der Waals surface area contributed by atoms with Crippen LogP contribution in [-0.4, -0.2) is 41.4 Å². The fraction of sp³-hybridized carbons (Fsp3) is 0.889. The van der Waals surface area contributed by atoms with Gasteiger partial charge in [-0.2, -0.15) is 57.1 Å². The molecule has 24 heavy (non-hydrogen) atoms. The van der Waals surface area contributed by atoms with Crippen LogP contribution in [0.1, 0.15) is 12.8 Å². The standard InChI is InChI=1S/C9H5F13O2/c10-5(11,6(12,13)9(20,21)22)4(7(14,15)16,8(17,18)19)2-1-3(23)24/h1-2H2,(H,23,24). The number of carboxylic acids is 1. The molecule has 0 heterocycles. The van der Waals surface area contributed by atoms with Crippen molar-refractivity contribution in [3.8, 4) is 0 Å². The quantitative estimate of drug-likeness (QED) is 0.683. The van der Waals surface area contributed by atoms with Crippen molar-refractivity contribution < 1.29 is 67.0 Å². The van der Waals surface area contributed by atoms with Gasteiger partial charge in [0.05, 0.1) is 0 Å². The third kappa shape index (κ3) is 3.20. The highest BCUT2D eigenvalue weighted by molar-refractivity contribution is 5.66. The van der Waals surface area contributed by atoms with Crippen molar-refractivity contribution in [1.29, 1.82) is 0 Å². The lowest BCUT2D eigenvalue weighted by Gasteiger charge is -2.45. The van der Waals surface area contributed by atoms with Gasteiger partial charge in [0.25, 0.3) is 0 Å². The van der Waals surface area contributed by atoms with Crippen LogP contribution in [0.4, 0.5) is 57.1 Å². The molecule has 0 bridgehead atoms. The minimum absolute atomic E-state index is 2.40.